The fraction of sp³-hybridized carbons (Fsp3) is 0.235. The summed E-state index contributed by atoms with van der Waals surface area (Å²) in [6.07, 6.45) is 1.40. The highest BCUT2D eigenvalue weighted by atomic mass is 16.6. The standard InChI is InChI=1S/C14H12N2O2.C3H7NO/c17-14-16(11-6-2-1-3-7-11)13(10-18-14)12-8-4-5-9-15-12;1-3(5)4-2/h1-9,13H,10H2;1-2H3,(H,4,5). The third-order valence-corrected chi connectivity index (χ3v) is 3.29. The summed E-state index contributed by atoms with van der Waals surface area (Å²) >= 11 is 0. The third-order valence-electron chi connectivity index (χ3n) is 3.29. The Morgan fingerprint density at radius 1 is 1.22 bits per heavy atom. The molecule has 120 valence electrons. The van der Waals surface area contributed by atoms with Gasteiger partial charge >= 0.3 is 6.09 Å². The van der Waals surface area contributed by atoms with Crippen molar-refractivity contribution in [1.82, 2.24) is 10.3 Å². The van der Waals surface area contributed by atoms with Crippen molar-refractivity contribution < 1.29 is 14.3 Å². The molecule has 0 bridgehead atoms. The number of ether oxygens (including phenoxy) is 1. The van der Waals surface area contributed by atoms with E-state index in [1.54, 1.807) is 18.1 Å². The Morgan fingerprint density at radius 2 is 1.87 bits per heavy atom. The van der Waals surface area contributed by atoms with Crippen LogP contribution in [0.3, 0.4) is 0 Å². The second-order valence-electron chi connectivity index (χ2n) is 4.86. The molecule has 23 heavy (non-hydrogen) atoms. The van der Waals surface area contributed by atoms with Crippen molar-refractivity contribution in [3.63, 3.8) is 0 Å². The fourth-order valence-electron chi connectivity index (χ4n) is 2.09. The number of hydrogen-bond acceptors (Lipinski definition) is 4. The van der Waals surface area contributed by atoms with Gasteiger partial charge in [0, 0.05) is 25.9 Å². The van der Waals surface area contributed by atoms with Gasteiger partial charge in [-0.3, -0.25) is 14.7 Å². The summed E-state index contributed by atoms with van der Waals surface area (Å²) in [5, 5.41) is 2.39. The number of amides is 2. The average Bonchev–Trinajstić information content (AvgIpc) is 2.98. The molecule has 6 heteroatoms. The molecule has 1 fully saturated rings. The number of nitrogens with zero attached hydrogens (tertiary/aromatic N) is 2. The summed E-state index contributed by atoms with van der Waals surface area (Å²) in [6, 6.07) is 15.0. The van der Waals surface area contributed by atoms with Gasteiger partial charge in [0.15, 0.2) is 0 Å². The van der Waals surface area contributed by atoms with Crippen molar-refractivity contribution in [3.05, 3.63) is 60.4 Å². The number of para-hydroxylation sites is 1. The van der Waals surface area contributed by atoms with Crippen molar-refractivity contribution in [1.29, 1.82) is 0 Å². The van der Waals surface area contributed by atoms with Crippen LogP contribution in [0.1, 0.15) is 18.7 Å². The van der Waals surface area contributed by atoms with Crippen LogP contribution in [0.2, 0.25) is 0 Å². The lowest BCUT2D eigenvalue weighted by Crippen LogP contribution is -2.27. The quantitative estimate of drug-likeness (QED) is 0.925. The van der Waals surface area contributed by atoms with Gasteiger partial charge in [-0.2, -0.15) is 0 Å². The summed E-state index contributed by atoms with van der Waals surface area (Å²) < 4.78 is 5.13. The van der Waals surface area contributed by atoms with Crippen LogP contribution in [0.25, 0.3) is 0 Å². The van der Waals surface area contributed by atoms with E-state index in [2.05, 4.69) is 10.3 Å². The first kappa shape index (κ1) is 16.5. The predicted molar refractivity (Wildman–Crippen MR) is 87.0 cm³/mol. The van der Waals surface area contributed by atoms with Crippen LogP contribution < -0.4 is 10.2 Å². The Hall–Kier alpha value is -2.89. The van der Waals surface area contributed by atoms with Crippen LogP contribution in [0.5, 0.6) is 0 Å². The van der Waals surface area contributed by atoms with Gasteiger partial charge in [-0.05, 0) is 24.3 Å². The number of aromatic nitrogens is 1. The molecule has 2 aromatic rings. The van der Waals surface area contributed by atoms with Crippen LogP contribution >= 0.6 is 0 Å². The van der Waals surface area contributed by atoms with Crippen molar-refractivity contribution in [3.8, 4) is 0 Å². The summed E-state index contributed by atoms with van der Waals surface area (Å²) in [4.78, 5) is 27.5. The number of carbonyl (C=O) groups is 2. The van der Waals surface area contributed by atoms with Gasteiger partial charge in [0.05, 0.1) is 5.69 Å². The van der Waals surface area contributed by atoms with Crippen molar-refractivity contribution in [2.24, 2.45) is 0 Å². The lowest BCUT2D eigenvalue weighted by atomic mass is 10.1. The van der Waals surface area contributed by atoms with Crippen molar-refractivity contribution in [2.45, 2.75) is 13.0 Å². The molecule has 2 amide bonds. The van der Waals surface area contributed by atoms with E-state index in [1.165, 1.54) is 6.92 Å². The molecule has 1 aromatic heterocycles. The minimum Gasteiger partial charge on any atom is -0.446 e. The minimum atomic E-state index is -0.322. The summed E-state index contributed by atoms with van der Waals surface area (Å²) in [7, 11) is 1.60. The highest BCUT2D eigenvalue weighted by Crippen LogP contribution is 2.31. The normalized spacial score (nSPS) is 16.2. The van der Waals surface area contributed by atoms with Gasteiger partial charge in [-0.25, -0.2) is 4.79 Å². The minimum absolute atomic E-state index is 0.00463. The van der Waals surface area contributed by atoms with E-state index in [9.17, 15) is 9.59 Å². The molecule has 0 saturated carbocycles. The monoisotopic (exact) mass is 313 g/mol. The van der Waals surface area contributed by atoms with E-state index in [1.807, 2.05) is 48.5 Å². The zero-order chi connectivity index (χ0) is 16.7. The Morgan fingerprint density at radius 3 is 2.43 bits per heavy atom. The summed E-state index contributed by atoms with van der Waals surface area (Å²) in [5.41, 5.74) is 1.67. The number of pyridine rings is 1. The number of cyclic esters (lactones) is 1. The molecule has 1 unspecified atom stereocenters. The first-order valence-corrected chi connectivity index (χ1v) is 7.23. The number of carbonyl (C=O) groups excluding carboxylic acids is 2. The molecule has 1 aromatic carbocycles. The molecule has 1 aliphatic rings. The molecular weight excluding hydrogens is 294 g/mol. The molecule has 0 radical (unpaired) electrons. The number of hydrogen-bond donors (Lipinski definition) is 1. The summed E-state index contributed by atoms with van der Waals surface area (Å²) in [6.45, 7) is 1.81. The van der Waals surface area contributed by atoms with E-state index in [0.717, 1.165) is 11.4 Å². The molecule has 1 atom stereocenters. The molecule has 0 aliphatic carbocycles. The molecule has 1 saturated heterocycles. The number of anilines is 1. The molecule has 1 aliphatic heterocycles. The predicted octanol–water partition coefficient (Wildman–Crippen LogP) is 2.53. The van der Waals surface area contributed by atoms with Gasteiger partial charge in [0.2, 0.25) is 5.91 Å². The largest absolute Gasteiger partial charge is 0.446 e. The van der Waals surface area contributed by atoms with Crippen molar-refractivity contribution in [2.75, 3.05) is 18.6 Å². The highest BCUT2D eigenvalue weighted by Gasteiger charge is 2.35. The Kier molecular flexibility index (Phi) is 5.68. The maximum absolute atomic E-state index is 11.8. The topological polar surface area (TPSA) is 71.5 Å². The fourth-order valence-corrected chi connectivity index (χ4v) is 2.09. The average molecular weight is 313 g/mol. The van der Waals surface area contributed by atoms with Gasteiger partial charge in [0.1, 0.15) is 12.6 Å². The van der Waals surface area contributed by atoms with Gasteiger partial charge in [0.25, 0.3) is 0 Å². The van der Waals surface area contributed by atoms with E-state index in [4.69, 9.17) is 4.74 Å². The van der Waals surface area contributed by atoms with Gasteiger partial charge in [-0.1, -0.05) is 24.3 Å². The lowest BCUT2D eigenvalue weighted by molar-refractivity contribution is -0.118. The van der Waals surface area contributed by atoms with Crippen LogP contribution in [-0.2, 0) is 9.53 Å². The maximum Gasteiger partial charge on any atom is 0.415 e. The molecule has 3 rings (SSSR count). The van der Waals surface area contributed by atoms with Crippen molar-refractivity contribution >= 4 is 17.7 Å². The van der Waals surface area contributed by atoms with E-state index in [-0.39, 0.29) is 18.0 Å². The maximum atomic E-state index is 11.8. The SMILES string of the molecule is CNC(C)=O.O=C1OCC(c2ccccn2)N1c1ccccc1. The van der Waals surface area contributed by atoms with E-state index in [0.29, 0.717) is 6.61 Å². The highest BCUT2D eigenvalue weighted by molar-refractivity contribution is 5.90. The third kappa shape index (κ3) is 4.29. The van der Waals surface area contributed by atoms with E-state index >= 15 is 0 Å². The number of nitrogens with one attached hydrogen (secondary N) is 1. The van der Waals surface area contributed by atoms with Gasteiger partial charge in [-0.15, -0.1) is 0 Å². The number of benzene rings is 1. The Balaban J connectivity index is 0.000000338. The smallest absolute Gasteiger partial charge is 0.415 e. The van der Waals surface area contributed by atoms with Crippen LogP contribution in [0.15, 0.2) is 54.7 Å². The zero-order valence-electron chi connectivity index (χ0n) is 13.1. The number of rotatable bonds is 2. The molecule has 0 spiro atoms. The second-order valence-corrected chi connectivity index (χ2v) is 4.86. The lowest BCUT2D eigenvalue weighted by Gasteiger charge is -2.20. The Labute approximate surface area is 135 Å². The van der Waals surface area contributed by atoms with Crippen LogP contribution in [0.4, 0.5) is 10.5 Å². The van der Waals surface area contributed by atoms with Crippen LogP contribution in [-0.4, -0.2) is 30.6 Å². The molecule has 1 N–H and O–H groups in total. The summed E-state index contributed by atoms with van der Waals surface area (Å²) in [5.74, 6) is 0.00463. The molecule has 2 heterocycles. The zero-order valence-corrected chi connectivity index (χ0v) is 13.1. The first-order valence-electron chi connectivity index (χ1n) is 7.23. The first-order chi connectivity index (χ1) is 11.1. The Bertz CT molecular complexity index is 647. The van der Waals surface area contributed by atoms with Crippen LogP contribution in [0, 0.1) is 0 Å². The second kappa shape index (κ2) is 7.93. The molecular formula is C17H19N3O3. The van der Waals surface area contributed by atoms with E-state index < -0.39 is 0 Å². The molecule has 6 nitrogen and oxygen atoms in total. The van der Waals surface area contributed by atoms with Gasteiger partial charge < -0.3 is 10.1 Å².